The van der Waals surface area contributed by atoms with Crippen LogP contribution in [0.3, 0.4) is 0 Å². The maximum atomic E-state index is 11.7. The van der Waals surface area contributed by atoms with Gasteiger partial charge in [0.1, 0.15) is 11.8 Å². The third-order valence-electron chi connectivity index (χ3n) is 3.59. The van der Waals surface area contributed by atoms with Gasteiger partial charge in [0.15, 0.2) is 0 Å². The Bertz CT molecular complexity index is 606. The van der Waals surface area contributed by atoms with Crippen LogP contribution < -0.4 is 4.74 Å². The SMILES string of the molecule is COc1ccc(C2C(C(=O)O)CC(=O)N2C)cc1C#N. The molecule has 0 bridgehead atoms. The Kier molecular flexibility index (Phi) is 3.61. The lowest BCUT2D eigenvalue weighted by molar-refractivity contribution is -0.142. The number of carbonyl (C=O) groups is 2. The van der Waals surface area contributed by atoms with Crippen LogP contribution in [0.4, 0.5) is 0 Å². The Morgan fingerprint density at radius 1 is 1.55 bits per heavy atom. The van der Waals surface area contributed by atoms with Crippen molar-refractivity contribution >= 4 is 11.9 Å². The molecule has 104 valence electrons. The lowest BCUT2D eigenvalue weighted by atomic mass is 9.92. The van der Waals surface area contributed by atoms with Crippen LogP contribution in [0.25, 0.3) is 0 Å². The molecular formula is C14H14N2O4. The molecule has 2 unspecified atom stereocenters. The van der Waals surface area contributed by atoms with E-state index in [2.05, 4.69) is 0 Å². The molecule has 0 aliphatic carbocycles. The molecule has 0 radical (unpaired) electrons. The largest absolute Gasteiger partial charge is 0.495 e. The van der Waals surface area contributed by atoms with E-state index >= 15 is 0 Å². The van der Waals surface area contributed by atoms with Gasteiger partial charge in [0.05, 0.1) is 24.6 Å². The summed E-state index contributed by atoms with van der Waals surface area (Å²) in [5.74, 6) is -1.60. The maximum absolute atomic E-state index is 11.7. The van der Waals surface area contributed by atoms with Crippen LogP contribution >= 0.6 is 0 Å². The zero-order valence-corrected chi connectivity index (χ0v) is 11.2. The van der Waals surface area contributed by atoms with Gasteiger partial charge in [0.2, 0.25) is 5.91 Å². The summed E-state index contributed by atoms with van der Waals surface area (Å²) in [6.07, 6.45) is -0.0234. The Morgan fingerprint density at radius 3 is 2.80 bits per heavy atom. The fraction of sp³-hybridized carbons (Fsp3) is 0.357. The summed E-state index contributed by atoms with van der Waals surface area (Å²) in [4.78, 5) is 24.4. The van der Waals surface area contributed by atoms with Crippen LogP contribution in [0.2, 0.25) is 0 Å². The second-order valence-electron chi connectivity index (χ2n) is 4.67. The van der Waals surface area contributed by atoms with Crippen molar-refractivity contribution in [3.63, 3.8) is 0 Å². The van der Waals surface area contributed by atoms with Gasteiger partial charge in [-0.1, -0.05) is 6.07 Å². The highest BCUT2D eigenvalue weighted by Crippen LogP contribution is 2.38. The highest BCUT2D eigenvalue weighted by atomic mass is 16.5. The van der Waals surface area contributed by atoms with E-state index < -0.39 is 17.9 Å². The first-order chi connectivity index (χ1) is 9.49. The van der Waals surface area contributed by atoms with E-state index in [0.29, 0.717) is 16.9 Å². The number of amides is 1. The Labute approximate surface area is 116 Å². The first-order valence-corrected chi connectivity index (χ1v) is 6.06. The van der Waals surface area contributed by atoms with Crippen molar-refractivity contribution in [1.82, 2.24) is 4.90 Å². The third-order valence-corrected chi connectivity index (χ3v) is 3.59. The van der Waals surface area contributed by atoms with E-state index in [1.54, 1.807) is 25.2 Å². The van der Waals surface area contributed by atoms with Crippen molar-refractivity contribution in [2.75, 3.05) is 14.2 Å². The van der Waals surface area contributed by atoms with E-state index in [1.165, 1.54) is 12.0 Å². The van der Waals surface area contributed by atoms with E-state index in [9.17, 15) is 14.7 Å². The van der Waals surface area contributed by atoms with Gasteiger partial charge >= 0.3 is 5.97 Å². The van der Waals surface area contributed by atoms with Gasteiger partial charge in [-0.2, -0.15) is 5.26 Å². The summed E-state index contributed by atoms with van der Waals surface area (Å²) >= 11 is 0. The molecule has 1 aromatic rings. The number of carboxylic acid groups (broad SMARTS) is 1. The fourth-order valence-electron chi connectivity index (χ4n) is 2.54. The number of carbonyl (C=O) groups excluding carboxylic acids is 1. The highest BCUT2D eigenvalue weighted by Gasteiger charge is 2.42. The van der Waals surface area contributed by atoms with Gasteiger partial charge in [-0.3, -0.25) is 9.59 Å². The molecule has 0 saturated carbocycles. The normalized spacial score (nSPS) is 21.6. The molecule has 1 heterocycles. The number of nitriles is 1. The van der Waals surface area contributed by atoms with Crippen molar-refractivity contribution in [2.24, 2.45) is 5.92 Å². The summed E-state index contributed by atoms with van der Waals surface area (Å²) in [6.45, 7) is 0. The Balaban J connectivity index is 2.46. The van der Waals surface area contributed by atoms with Crippen LogP contribution in [0.1, 0.15) is 23.6 Å². The summed E-state index contributed by atoms with van der Waals surface area (Å²) in [7, 11) is 3.04. The molecule has 1 aliphatic heterocycles. The van der Waals surface area contributed by atoms with Crippen molar-refractivity contribution < 1.29 is 19.4 Å². The lowest BCUT2D eigenvalue weighted by Crippen LogP contribution is -2.26. The van der Waals surface area contributed by atoms with Crippen LogP contribution in [0.5, 0.6) is 5.75 Å². The monoisotopic (exact) mass is 274 g/mol. The fourth-order valence-corrected chi connectivity index (χ4v) is 2.54. The molecule has 20 heavy (non-hydrogen) atoms. The minimum atomic E-state index is -1.01. The molecule has 2 atom stereocenters. The molecule has 6 heteroatoms. The number of ether oxygens (including phenoxy) is 1. The number of nitrogens with zero attached hydrogens (tertiary/aromatic N) is 2. The first-order valence-electron chi connectivity index (χ1n) is 6.06. The van der Waals surface area contributed by atoms with Crippen molar-refractivity contribution in [3.8, 4) is 11.8 Å². The smallest absolute Gasteiger partial charge is 0.309 e. The quantitative estimate of drug-likeness (QED) is 0.893. The summed E-state index contributed by atoms with van der Waals surface area (Å²) in [5, 5.41) is 18.3. The number of benzene rings is 1. The summed E-state index contributed by atoms with van der Waals surface area (Å²) < 4.78 is 5.06. The minimum Gasteiger partial charge on any atom is -0.495 e. The molecular weight excluding hydrogens is 260 g/mol. The van der Waals surface area contributed by atoms with Gasteiger partial charge in [-0.05, 0) is 17.7 Å². The van der Waals surface area contributed by atoms with E-state index in [4.69, 9.17) is 10.00 Å². The second kappa shape index (κ2) is 5.21. The van der Waals surface area contributed by atoms with E-state index in [0.717, 1.165) is 0 Å². The molecule has 1 fully saturated rings. The molecule has 1 aliphatic rings. The minimum absolute atomic E-state index is 0.0234. The Hall–Kier alpha value is -2.55. The zero-order valence-electron chi connectivity index (χ0n) is 11.2. The number of methoxy groups -OCH3 is 1. The number of rotatable bonds is 3. The number of likely N-dealkylation sites (tertiary alicyclic amines) is 1. The summed E-state index contributed by atoms with van der Waals surface area (Å²) in [5.41, 5.74) is 0.949. The molecule has 1 saturated heterocycles. The first kappa shape index (κ1) is 13.9. The molecule has 1 N–H and O–H groups in total. The number of aliphatic carboxylic acids is 1. The molecule has 1 amide bonds. The van der Waals surface area contributed by atoms with Crippen molar-refractivity contribution in [3.05, 3.63) is 29.3 Å². The van der Waals surface area contributed by atoms with Gasteiger partial charge in [0, 0.05) is 13.5 Å². The second-order valence-corrected chi connectivity index (χ2v) is 4.67. The van der Waals surface area contributed by atoms with Gasteiger partial charge in [0.25, 0.3) is 0 Å². The number of carboxylic acids is 1. The maximum Gasteiger partial charge on any atom is 0.309 e. The molecule has 2 rings (SSSR count). The van der Waals surface area contributed by atoms with Gasteiger partial charge < -0.3 is 14.7 Å². The third kappa shape index (κ3) is 2.18. The van der Waals surface area contributed by atoms with E-state index in [-0.39, 0.29) is 12.3 Å². The molecule has 6 nitrogen and oxygen atoms in total. The van der Waals surface area contributed by atoms with Crippen LogP contribution in [-0.2, 0) is 9.59 Å². The number of hydrogen-bond donors (Lipinski definition) is 1. The predicted octanol–water partition coefficient (Wildman–Crippen LogP) is 1.17. The van der Waals surface area contributed by atoms with Gasteiger partial charge in [-0.25, -0.2) is 0 Å². The van der Waals surface area contributed by atoms with Crippen LogP contribution in [0, 0.1) is 17.2 Å². The predicted molar refractivity (Wildman–Crippen MR) is 69.0 cm³/mol. The van der Waals surface area contributed by atoms with Crippen molar-refractivity contribution in [1.29, 1.82) is 5.26 Å². The summed E-state index contributed by atoms with van der Waals surface area (Å²) in [6, 6.07) is 6.33. The standard InChI is InChI=1S/C14H14N2O4/c1-16-12(17)6-10(14(18)19)13(16)8-3-4-11(20-2)9(5-8)7-15/h3-5,10,13H,6H2,1-2H3,(H,18,19). The van der Waals surface area contributed by atoms with Crippen LogP contribution in [-0.4, -0.2) is 36.0 Å². The average molecular weight is 274 g/mol. The number of hydrogen-bond acceptors (Lipinski definition) is 4. The van der Waals surface area contributed by atoms with Crippen molar-refractivity contribution in [2.45, 2.75) is 12.5 Å². The Morgan fingerprint density at radius 2 is 2.25 bits per heavy atom. The van der Waals surface area contributed by atoms with E-state index in [1.807, 2.05) is 6.07 Å². The topological polar surface area (TPSA) is 90.6 Å². The van der Waals surface area contributed by atoms with Crippen LogP contribution in [0.15, 0.2) is 18.2 Å². The average Bonchev–Trinajstić information content (AvgIpc) is 2.74. The molecule has 1 aromatic carbocycles. The zero-order chi connectivity index (χ0) is 14.9. The highest BCUT2D eigenvalue weighted by molar-refractivity contribution is 5.87. The van der Waals surface area contributed by atoms with Gasteiger partial charge in [-0.15, -0.1) is 0 Å². The lowest BCUT2D eigenvalue weighted by Gasteiger charge is -2.23. The molecule has 0 spiro atoms. The molecule has 0 aromatic heterocycles.